The van der Waals surface area contributed by atoms with Crippen LogP contribution in [0.25, 0.3) is 0 Å². The van der Waals surface area contributed by atoms with E-state index < -0.39 is 0 Å². The van der Waals surface area contributed by atoms with Gasteiger partial charge in [-0.3, -0.25) is 9.69 Å². The zero-order valence-corrected chi connectivity index (χ0v) is 17.3. The number of esters is 1. The topological polar surface area (TPSA) is 29.5 Å². The number of unbranched alkanes of at least 4 members (excludes halogenated alkanes) is 4. The van der Waals surface area contributed by atoms with Gasteiger partial charge in [0.15, 0.2) is 0 Å². The molecule has 144 valence electrons. The maximum Gasteiger partial charge on any atom is 0.312 e. The largest absolute Gasteiger partial charge is 0.464 e. The molecule has 0 aromatic heterocycles. The van der Waals surface area contributed by atoms with E-state index in [1.807, 2.05) is 0 Å². The third-order valence-corrected chi connectivity index (χ3v) is 5.31. The molecule has 0 aliphatic rings. The van der Waals surface area contributed by atoms with Gasteiger partial charge < -0.3 is 4.74 Å². The minimum absolute atomic E-state index is 0.0126. The summed E-state index contributed by atoms with van der Waals surface area (Å²) in [6, 6.07) is 0. The normalized spacial score (nSPS) is 14.2. The second kappa shape index (κ2) is 13.7. The molecule has 0 fully saturated rings. The van der Waals surface area contributed by atoms with Crippen molar-refractivity contribution in [1.29, 1.82) is 0 Å². The molecule has 0 radical (unpaired) electrons. The first-order valence-electron chi connectivity index (χ1n) is 10.3. The molecular formula is C21H43NO2. The van der Waals surface area contributed by atoms with E-state index in [4.69, 9.17) is 4.74 Å². The molecule has 3 nitrogen and oxygen atoms in total. The summed E-state index contributed by atoms with van der Waals surface area (Å²) in [7, 11) is 0. The van der Waals surface area contributed by atoms with Crippen molar-refractivity contribution in [3.05, 3.63) is 0 Å². The van der Waals surface area contributed by atoms with Crippen molar-refractivity contribution in [3.8, 4) is 0 Å². The van der Waals surface area contributed by atoms with E-state index >= 15 is 0 Å². The molecular weight excluding hydrogens is 298 g/mol. The van der Waals surface area contributed by atoms with Gasteiger partial charge >= 0.3 is 5.97 Å². The molecule has 3 heteroatoms. The molecule has 0 saturated carbocycles. The highest BCUT2D eigenvalue weighted by molar-refractivity contribution is 5.76. The number of nitrogens with zero attached hydrogens (tertiary/aromatic N) is 1. The molecule has 0 saturated heterocycles. The highest BCUT2D eigenvalue weighted by atomic mass is 16.5. The second-order valence-corrected chi connectivity index (χ2v) is 7.71. The summed E-state index contributed by atoms with van der Waals surface area (Å²) in [6.07, 6.45) is 9.48. The summed E-state index contributed by atoms with van der Waals surface area (Å²) in [5.41, 5.74) is -0.343. The van der Waals surface area contributed by atoms with E-state index in [9.17, 15) is 4.79 Å². The first-order chi connectivity index (χ1) is 11.4. The third-order valence-electron chi connectivity index (χ3n) is 5.31. The van der Waals surface area contributed by atoms with Crippen LogP contribution in [-0.4, -0.2) is 37.1 Å². The van der Waals surface area contributed by atoms with Gasteiger partial charge in [0.25, 0.3) is 0 Å². The van der Waals surface area contributed by atoms with Crippen molar-refractivity contribution in [3.63, 3.8) is 0 Å². The summed E-state index contributed by atoms with van der Waals surface area (Å²) in [5.74, 6) is 0.302. The van der Waals surface area contributed by atoms with Gasteiger partial charge in [-0.2, -0.15) is 0 Å². The van der Waals surface area contributed by atoms with Gasteiger partial charge in [0.1, 0.15) is 6.61 Å². The average molecular weight is 342 g/mol. The van der Waals surface area contributed by atoms with Crippen molar-refractivity contribution in [2.45, 2.75) is 92.9 Å². The Kier molecular flexibility index (Phi) is 13.4. The molecule has 0 spiro atoms. The lowest BCUT2D eigenvalue weighted by Crippen LogP contribution is -2.37. The van der Waals surface area contributed by atoms with Gasteiger partial charge in [-0.15, -0.1) is 0 Å². The predicted molar refractivity (Wildman–Crippen MR) is 104 cm³/mol. The summed E-state index contributed by atoms with van der Waals surface area (Å²) >= 11 is 0. The third kappa shape index (κ3) is 9.05. The zero-order chi connectivity index (χ0) is 18.4. The average Bonchev–Trinajstić information content (AvgIpc) is 2.54. The Morgan fingerprint density at radius 2 is 1.46 bits per heavy atom. The van der Waals surface area contributed by atoms with Crippen LogP contribution in [0.4, 0.5) is 0 Å². The van der Waals surface area contributed by atoms with Crippen molar-refractivity contribution in [2.24, 2.45) is 11.3 Å². The fourth-order valence-electron chi connectivity index (χ4n) is 3.08. The maximum atomic E-state index is 12.6. The number of carbonyl (C=O) groups excluding carboxylic acids is 1. The van der Waals surface area contributed by atoms with Crippen LogP contribution in [-0.2, 0) is 9.53 Å². The molecule has 0 aliphatic carbocycles. The quantitative estimate of drug-likeness (QED) is 0.284. The van der Waals surface area contributed by atoms with Gasteiger partial charge in [-0.25, -0.2) is 0 Å². The van der Waals surface area contributed by atoms with Crippen molar-refractivity contribution >= 4 is 5.97 Å². The number of rotatable bonds is 15. The molecule has 24 heavy (non-hydrogen) atoms. The Labute approximate surface area is 151 Å². The Morgan fingerprint density at radius 1 is 0.917 bits per heavy atom. The van der Waals surface area contributed by atoms with E-state index in [0.717, 1.165) is 32.5 Å². The molecule has 0 aromatic rings. The predicted octanol–water partition coefficient (Wildman–Crippen LogP) is 5.67. The van der Waals surface area contributed by atoms with Gasteiger partial charge in [0.05, 0.1) is 5.41 Å². The van der Waals surface area contributed by atoms with Gasteiger partial charge in [0, 0.05) is 6.54 Å². The highest BCUT2D eigenvalue weighted by Gasteiger charge is 2.37. The lowest BCUT2D eigenvalue weighted by molar-refractivity contribution is -0.158. The van der Waals surface area contributed by atoms with Crippen LogP contribution >= 0.6 is 0 Å². The van der Waals surface area contributed by atoms with Crippen LogP contribution in [0.2, 0.25) is 0 Å². The monoisotopic (exact) mass is 341 g/mol. The Hall–Kier alpha value is -0.570. The van der Waals surface area contributed by atoms with Gasteiger partial charge in [0.2, 0.25) is 0 Å². The number of hydrogen-bond acceptors (Lipinski definition) is 3. The van der Waals surface area contributed by atoms with Crippen molar-refractivity contribution in [2.75, 3.05) is 26.2 Å². The molecule has 0 heterocycles. The fourth-order valence-corrected chi connectivity index (χ4v) is 3.08. The fraction of sp³-hybridized carbons (Fsp3) is 0.952. The molecule has 0 amide bonds. The Morgan fingerprint density at radius 3 is 1.88 bits per heavy atom. The lowest BCUT2D eigenvalue weighted by Gasteiger charge is -2.31. The number of hydrogen-bond donors (Lipinski definition) is 0. The van der Waals surface area contributed by atoms with E-state index in [0.29, 0.717) is 12.5 Å². The standard InChI is InChI=1S/C21H43NO2/c1-7-10-12-15-22(16-13-11-8-2)17-18-24-20(23)21(6,14-9-3)19(4)5/h19H,7-18H2,1-6H3. The van der Waals surface area contributed by atoms with Crippen LogP contribution in [0.1, 0.15) is 92.9 Å². The molecule has 0 rings (SSSR count). The molecule has 0 N–H and O–H groups in total. The summed E-state index contributed by atoms with van der Waals surface area (Å²) in [6.45, 7) is 16.6. The minimum atomic E-state index is -0.343. The first-order valence-corrected chi connectivity index (χ1v) is 10.3. The van der Waals surface area contributed by atoms with Crippen LogP contribution in [0.5, 0.6) is 0 Å². The minimum Gasteiger partial charge on any atom is -0.464 e. The van der Waals surface area contributed by atoms with Crippen molar-refractivity contribution in [1.82, 2.24) is 4.90 Å². The molecule has 1 atom stereocenters. The van der Waals surface area contributed by atoms with E-state index in [-0.39, 0.29) is 11.4 Å². The molecule has 0 bridgehead atoms. The molecule has 0 aromatic carbocycles. The lowest BCUT2D eigenvalue weighted by atomic mass is 9.75. The van der Waals surface area contributed by atoms with Crippen LogP contribution in [0.3, 0.4) is 0 Å². The van der Waals surface area contributed by atoms with Crippen LogP contribution in [0, 0.1) is 11.3 Å². The van der Waals surface area contributed by atoms with E-state index in [1.54, 1.807) is 0 Å². The highest BCUT2D eigenvalue weighted by Crippen LogP contribution is 2.33. The smallest absolute Gasteiger partial charge is 0.312 e. The number of carbonyl (C=O) groups is 1. The second-order valence-electron chi connectivity index (χ2n) is 7.71. The summed E-state index contributed by atoms with van der Waals surface area (Å²) in [4.78, 5) is 15.0. The number of ether oxygens (including phenoxy) is 1. The van der Waals surface area contributed by atoms with Gasteiger partial charge in [-0.05, 0) is 45.2 Å². The van der Waals surface area contributed by atoms with E-state index in [2.05, 4.69) is 46.4 Å². The zero-order valence-electron chi connectivity index (χ0n) is 17.3. The molecule has 1 unspecified atom stereocenters. The Bertz CT molecular complexity index is 307. The molecule has 0 aliphatic heterocycles. The maximum absolute atomic E-state index is 12.6. The first kappa shape index (κ1) is 23.4. The van der Waals surface area contributed by atoms with Crippen molar-refractivity contribution < 1.29 is 9.53 Å². The van der Waals surface area contributed by atoms with Crippen LogP contribution in [0.15, 0.2) is 0 Å². The van der Waals surface area contributed by atoms with E-state index in [1.165, 1.54) is 38.5 Å². The van der Waals surface area contributed by atoms with Gasteiger partial charge in [-0.1, -0.05) is 66.7 Å². The van der Waals surface area contributed by atoms with Crippen LogP contribution < -0.4 is 0 Å². The SMILES string of the molecule is CCCCCN(CCCCC)CCOC(=O)C(C)(CCC)C(C)C. The summed E-state index contributed by atoms with van der Waals surface area (Å²) < 4.78 is 5.68. The Balaban J connectivity index is 4.37. The summed E-state index contributed by atoms with van der Waals surface area (Å²) in [5, 5.41) is 0.